The predicted molar refractivity (Wildman–Crippen MR) is 71.1 cm³/mol. The molecule has 0 fully saturated rings. The van der Waals surface area contributed by atoms with Gasteiger partial charge < -0.3 is 10.6 Å². The van der Waals surface area contributed by atoms with Crippen molar-refractivity contribution in [1.82, 2.24) is 9.78 Å². The van der Waals surface area contributed by atoms with E-state index in [9.17, 15) is 4.79 Å². The van der Waals surface area contributed by atoms with Gasteiger partial charge in [0.15, 0.2) is 5.84 Å². The van der Waals surface area contributed by atoms with Crippen molar-refractivity contribution in [2.24, 2.45) is 10.9 Å². The normalized spacial score (nSPS) is 11.5. The molecule has 0 radical (unpaired) electrons. The lowest BCUT2D eigenvalue weighted by molar-refractivity contribution is -0.144. The van der Waals surface area contributed by atoms with Crippen LogP contribution in [0.15, 0.2) is 39.5 Å². The van der Waals surface area contributed by atoms with Crippen LogP contribution in [0.5, 0.6) is 0 Å². The van der Waals surface area contributed by atoms with Crippen LogP contribution in [0.1, 0.15) is 4.88 Å². The van der Waals surface area contributed by atoms with Crippen LogP contribution in [0, 0.1) is 0 Å². The zero-order valence-electron chi connectivity index (χ0n) is 9.12. The first-order chi connectivity index (χ1) is 8.65. The lowest BCUT2D eigenvalue weighted by Crippen LogP contribution is -2.16. The van der Waals surface area contributed by atoms with Crippen LogP contribution in [-0.4, -0.2) is 21.6 Å². The van der Waals surface area contributed by atoms with Crippen LogP contribution in [0.4, 0.5) is 0 Å². The minimum atomic E-state index is -0.537. The number of amidine groups is 1. The van der Waals surface area contributed by atoms with Crippen LogP contribution >= 0.6 is 27.3 Å². The fraction of sp³-hybridized carbons (Fsp3) is 0.100. The zero-order valence-corrected chi connectivity index (χ0v) is 11.5. The quantitative estimate of drug-likeness (QED) is 0.399. The first kappa shape index (κ1) is 12.8. The van der Waals surface area contributed by atoms with Gasteiger partial charge in [0.1, 0.15) is 6.54 Å². The SMILES string of the molecule is N/C(=N\OC(=O)Cn1cc(Br)cn1)c1cccs1. The average molecular weight is 329 g/mol. The number of nitrogens with zero attached hydrogens (tertiary/aromatic N) is 3. The highest BCUT2D eigenvalue weighted by Crippen LogP contribution is 2.08. The number of aromatic nitrogens is 2. The maximum absolute atomic E-state index is 11.4. The molecular formula is C10H9BrN4O2S. The lowest BCUT2D eigenvalue weighted by Gasteiger charge is -1.99. The minimum absolute atomic E-state index is 0.0210. The highest BCUT2D eigenvalue weighted by atomic mass is 79.9. The topological polar surface area (TPSA) is 82.5 Å². The van der Waals surface area contributed by atoms with Gasteiger partial charge in [0.25, 0.3) is 0 Å². The van der Waals surface area contributed by atoms with Crippen molar-refractivity contribution in [3.63, 3.8) is 0 Å². The second kappa shape index (κ2) is 5.78. The summed E-state index contributed by atoms with van der Waals surface area (Å²) in [5.41, 5.74) is 5.64. The molecule has 0 aromatic carbocycles. The van der Waals surface area contributed by atoms with Gasteiger partial charge in [-0.05, 0) is 27.4 Å². The largest absolute Gasteiger partial charge is 0.380 e. The van der Waals surface area contributed by atoms with Crippen molar-refractivity contribution in [3.05, 3.63) is 39.3 Å². The standard InChI is InChI=1S/C10H9BrN4O2S/c11-7-4-13-15(5-7)6-9(16)17-14-10(12)8-2-1-3-18-8/h1-5H,6H2,(H2,12,14). The van der Waals surface area contributed by atoms with Crippen LogP contribution in [-0.2, 0) is 16.2 Å². The molecule has 0 aliphatic heterocycles. The van der Waals surface area contributed by atoms with Gasteiger partial charge in [-0.2, -0.15) is 5.10 Å². The number of oxime groups is 1. The summed E-state index contributed by atoms with van der Waals surface area (Å²) in [6.07, 6.45) is 3.24. The fourth-order valence-corrected chi connectivity index (χ4v) is 2.10. The van der Waals surface area contributed by atoms with Crippen LogP contribution in [0.2, 0.25) is 0 Å². The molecule has 2 aromatic rings. The Kier molecular flexibility index (Phi) is 4.11. The highest BCUT2D eigenvalue weighted by molar-refractivity contribution is 9.10. The molecule has 2 heterocycles. The van der Waals surface area contributed by atoms with Crippen molar-refractivity contribution < 1.29 is 9.63 Å². The minimum Gasteiger partial charge on any atom is -0.380 e. The molecule has 18 heavy (non-hydrogen) atoms. The van der Waals surface area contributed by atoms with E-state index in [0.717, 1.165) is 9.35 Å². The Hall–Kier alpha value is -1.67. The summed E-state index contributed by atoms with van der Waals surface area (Å²) in [7, 11) is 0. The molecule has 0 saturated carbocycles. The number of nitrogens with two attached hydrogens (primary N) is 1. The van der Waals surface area contributed by atoms with Crippen molar-refractivity contribution in [1.29, 1.82) is 0 Å². The lowest BCUT2D eigenvalue weighted by atomic mass is 10.4. The van der Waals surface area contributed by atoms with Gasteiger partial charge in [-0.25, -0.2) is 4.79 Å². The highest BCUT2D eigenvalue weighted by Gasteiger charge is 2.07. The van der Waals surface area contributed by atoms with E-state index in [1.54, 1.807) is 18.5 Å². The Morgan fingerprint density at radius 3 is 3.11 bits per heavy atom. The van der Waals surface area contributed by atoms with E-state index in [1.807, 2.05) is 11.4 Å². The molecule has 0 aliphatic carbocycles. The van der Waals surface area contributed by atoms with E-state index in [4.69, 9.17) is 10.6 Å². The Balaban J connectivity index is 1.90. The predicted octanol–water partition coefficient (Wildman–Crippen LogP) is 1.57. The molecule has 0 unspecified atom stereocenters. The molecule has 8 heteroatoms. The van der Waals surface area contributed by atoms with Crippen molar-refractivity contribution in [2.45, 2.75) is 6.54 Å². The van der Waals surface area contributed by atoms with Crippen LogP contribution in [0.25, 0.3) is 0 Å². The third kappa shape index (κ3) is 3.41. The van der Waals surface area contributed by atoms with E-state index in [2.05, 4.69) is 26.2 Å². The first-order valence-corrected chi connectivity index (χ1v) is 6.57. The molecule has 94 valence electrons. The number of halogens is 1. The molecule has 0 aliphatic rings. The van der Waals surface area contributed by atoms with Gasteiger partial charge in [-0.15, -0.1) is 11.3 Å². The fourth-order valence-electron chi connectivity index (χ4n) is 1.16. The van der Waals surface area contributed by atoms with E-state index in [-0.39, 0.29) is 12.4 Å². The van der Waals surface area contributed by atoms with E-state index in [1.165, 1.54) is 16.0 Å². The summed E-state index contributed by atoms with van der Waals surface area (Å²) in [6, 6.07) is 3.63. The number of carbonyl (C=O) groups is 1. The third-order valence-electron chi connectivity index (χ3n) is 1.91. The van der Waals surface area contributed by atoms with Crippen molar-refractivity contribution >= 4 is 39.1 Å². The van der Waals surface area contributed by atoms with Crippen molar-refractivity contribution in [2.75, 3.05) is 0 Å². The van der Waals surface area contributed by atoms with Gasteiger partial charge in [-0.3, -0.25) is 4.68 Å². The number of carbonyl (C=O) groups excluding carboxylic acids is 1. The molecule has 0 saturated heterocycles. The molecule has 0 spiro atoms. The summed E-state index contributed by atoms with van der Waals surface area (Å²) in [5.74, 6) is -0.356. The molecule has 0 amide bonds. The Morgan fingerprint density at radius 2 is 2.50 bits per heavy atom. The van der Waals surface area contributed by atoms with Gasteiger partial charge in [0.05, 0.1) is 15.5 Å². The second-order valence-corrected chi connectivity index (χ2v) is 5.14. The Labute approximate surface area is 115 Å². The number of thiophene rings is 1. The monoisotopic (exact) mass is 328 g/mol. The van der Waals surface area contributed by atoms with Gasteiger partial charge >= 0.3 is 5.97 Å². The first-order valence-electron chi connectivity index (χ1n) is 4.90. The summed E-state index contributed by atoms with van der Waals surface area (Å²) >= 11 is 4.65. The molecule has 0 bridgehead atoms. The molecule has 6 nitrogen and oxygen atoms in total. The number of hydrogen-bond acceptors (Lipinski definition) is 5. The second-order valence-electron chi connectivity index (χ2n) is 3.27. The summed E-state index contributed by atoms with van der Waals surface area (Å²) in [6.45, 7) is -0.0210. The van der Waals surface area contributed by atoms with Gasteiger partial charge in [0, 0.05) is 6.20 Å². The Morgan fingerprint density at radius 1 is 1.67 bits per heavy atom. The maximum Gasteiger partial charge on any atom is 0.356 e. The molecule has 2 aromatic heterocycles. The van der Waals surface area contributed by atoms with Gasteiger partial charge in [0.2, 0.25) is 0 Å². The molecule has 0 atom stereocenters. The number of hydrogen-bond donors (Lipinski definition) is 1. The maximum atomic E-state index is 11.4. The molecular weight excluding hydrogens is 320 g/mol. The van der Waals surface area contributed by atoms with E-state index >= 15 is 0 Å². The summed E-state index contributed by atoms with van der Waals surface area (Å²) in [5, 5.41) is 9.36. The zero-order chi connectivity index (χ0) is 13.0. The summed E-state index contributed by atoms with van der Waals surface area (Å²) < 4.78 is 2.22. The van der Waals surface area contributed by atoms with Crippen LogP contribution < -0.4 is 5.73 Å². The number of rotatable bonds is 4. The third-order valence-corrected chi connectivity index (χ3v) is 3.21. The Bertz CT molecular complexity index is 564. The van der Waals surface area contributed by atoms with Crippen molar-refractivity contribution in [3.8, 4) is 0 Å². The summed E-state index contributed by atoms with van der Waals surface area (Å²) in [4.78, 5) is 16.9. The molecule has 2 rings (SSSR count). The van der Waals surface area contributed by atoms with Crippen LogP contribution in [0.3, 0.4) is 0 Å². The van der Waals surface area contributed by atoms with Gasteiger partial charge in [-0.1, -0.05) is 11.2 Å². The van der Waals surface area contributed by atoms with E-state index in [0.29, 0.717) is 0 Å². The molecule has 2 N–H and O–H groups in total. The average Bonchev–Trinajstić information content (AvgIpc) is 2.97. The van der Waals surface area contributed by atoms with E-state index < -0.39 is 5.97 Å². The smallest absolute Gasteiger partial charge is 0.356 e.